The standard InChI is InChI=1S/C24H20Cl2N4O2/c25-17-6-1-14(2-7-17)23-29-30-24(32-23)15-3-9-19(10-4-15)27-22(31)21-11-5-16-13-18(26)8-12-20(16)28-21/h1-2,5-8,11-13,15,19H,3-4,9-10H2,(H,27,31)/t15-,19-. The zero-order valence-electron chi connectivity index (χ0n) is 17.1. The number of benzene rings is 2. The normalized spacial score (nSPS) is 18.6. The van der Waals surface area contributed by atoms with Gasteiger partial charge < -0.3 is 9.73 Å². The average molecular weight is 467 g/mol. The summed E-state index contributed by atoms with van der Waals surface area (Å²) in [7, 11) is 0. The molecule has 1 aliphatic rings. The molecule has 0 bridgehead atoms. The highest BCUT2D eigenvalue weighted by atomic mass is 35.5. The van der Waals surface area contributed by atoms with Gasteiger partial charge in [0.1, 0.15) is 5.69 Å². The lowest BCUT2D eigenvalue weighted by Crippen LogP contribution is -2.37. The Kier molecular flexibility index (Phi) is 5.81. The minimum Gasteiger partial charge on any atom is -0.420 e. The lowest BCUT2D eigenvalue weighted by Gasteiger charge is -2.27. The van der Waals surface area contributed by atoms with Gasteiger partial charge in [0, 0.05) is 33.0 Å². The second-order valence-electron chi connectivity index (χ2n) is 8.01. The first-order valence-electron chi connectivity index (χ1n) is 10.5. The van der Waals surface area contributed by atoms with Crippen molar-refractivity contribution in [2.75, 3.05) is 0 Å². The number of rotatable bonds is 4. The highest BCUT2D eigenvalue weighted by Crippen LogP contribution is 2.33. The molecule has 2 heterocycles. The molecule has 0 saturated heterocycles. The van der Waals surface area contributed by atoms with E-state index in [0.717, 1.165) is 42.1 Å². The predicted octanol–water partition coefficient (Wildman–Crippen LogP) is 6.05. The molecule has 2 aromatic carbocycles. The molecule has 1 fully saturated rings. The van der Waals surface area contributed by atoms with Crippen molar-refractivity contribution in [3.05, 3.63) is 76.2 Å². The number of hydrogen-bond acceptors (Lipinski definition) is 5. The number of fused-ring (bicyclic) bond motifs is 1. The molecule has 32 heavy (non-hydrogen) atoms. The largest absolute Gasteiger partial charge is 0.420 e. The van der Waals surface area contributed by atoms with Crippen LogP contribution in [0.25, 0.3) is 22.4 Å². The van der Waals surface area contributed by atoms with Gasteiger partial charge in [-0.1, -0.05) is 29.3 Å². The molecule has 0 atom stereocenters. The van der Waals surface area contributed by atoms with E-state index in [9.17, 15) is 4.79 Å². The Bertz CT molecular complexity index is 1260. The summed E-state index contributed by atoms with van der Waals surface area (Å²) in [6.07, 6.45) is 3.43. The Morgan fingerprint density at radius 2 is 1.66 bits per heavy atom. The van der Waals surface area contributed by atoms with Gasteiger partial charge in [-0.25, -0.2) is 4.98 Å². The average Bonchev–Trinajstić information content (AvgIpc) is 3.30. The fourth-order valence-corrected chi connectivity index (χ4v) is 4.38. The second kappa shape index (κ2) is 8.88. The highest BCUT2D eigenvalue weighted by molar-refractivity contribution is 6.31. The van der Waals surface area contributed by atoms with Crippen LogP contribution in [-0.4, -0.2) is 27.1 Å². The smallest absolute Gasteiger partial charge is 0.270 e. The van der Waals surface area contributed by atoms with E-state index >= 15 is 0 Å². The van der Waals surface area contributed by atoms with Crippen LogP contribution in [0.2, 0.25) is 10.0 Å². The van der Waals surface area contributed by atoms with Crippen molar-refractivity contribution < 1.29 is 9.21 Å². The molecule has 162 valence electrons. The van der Waals surface area contributed by atoms with Crippen LogP contribution in [0.3, 0.4) is 0 Å². The molecule has 0 radical (unpaired) electrons. The fourth-order valence-electron chi connectivity index (χ4n) is 4.08. The summed E-state index contributed by atoms with van der Waals surface area (Å²) in [5.41, 5.74) is 2.00. The number of aromatic nitrogens is 3. The third-order valence-electron chi connectivity index (χ3n) is 5.83. The Morgan fingerprint density at radius 1 is 0.906 bits per heavy atom. The fraction of sp³-hybridized carbons (Fsp3) is 0.250. The van der Waals surface area contributed by atoms with E-state index in [1.165, 1.54) is 0 Å². The van der Waals surface area contributed by atoms with Gasteiger partial charge in [-0.2, -0.15) is 0 Å². The first kappa shape index (κ1) is 20.9. The summed E-state index contributed by atoms with van der Waals surface area (Å²) >= 11 is 12.0. The van der Waals surface area contributed by atoms with E-state index in [1.807, 2.05) is 30.3 Å². The SMILES string of the molecule is O=C(N[C@H]1CC[C@H](c2nnc(-c3ccc(Cl)cc3)o2)CC1)c1ccc2cc(Cl)ccc2n1. The summed E-state index contributed by atoms with van der Waals surface area (Å²) in [5, 5.41) is 13.8. The zero-order valence-corrected chi connectivity index (χ0v) is 18.6. The predicted molar refractivity (Wildman–Crippen MR) is 124 cm³/mol. The first-order chi connectivity index (χ1) is 15.5. The van der Waals surface area contributed by atoms with Crippen LogP contribution in [-0.2, 0) is 0 Å². The maximum Gasteiger partial charge on any atom is 0.270 e. The molecular weight excluding hydrogens is 447 g/mol. The molecule has 5 rings (SSSR count). The number of carbonyl (C=O) groups excluding carboxylic acids is 1. The number of halogens is 2. The molecule has 1 N–H and O–H groups in total. The lowest BCUT2D eigenvalue weighted by atomic mass is 9.86. The van der Waals surface area contributed by atoms with Crippen molar-refractivity contribution >= 4 is 40.0 Å². The van der Waals surface area contributed by atoms with Crippen molar-refractivity contribution in [2.24, 2.45) is 0 Å². The number of pyridine rings is 1. The van der Waals surface area contributed by atoms with E-state index < -0.39 is 0 Å². The minimum absolute atomic E-state index is 0.0973. The monoisotopic (exact) mass is 466 g/mol. The lowest BCUT2D eigenvalue weighted by molar-refractivity contribution is 0.0920. The topological polar surface area (TPSA) is 80.9 Å². The first-order valence-corrected chi connectivity index (χ1v) is 11.3. The van der Waals surface area contributed by atoms with Crippen molar-refractivity contribution in [3.8, 4) is 11.5 Å². The summed E-state index contributed by atoms with van der Waals surface area (Å²) in [6.45, 7) is 0. The van der Waals surface area contributed by atoms with Crippen LogP contribution in [0.1, 0.15) is 48.0 Å². The molecule has 1 amide bonds. The molecule has 8 heteroatoms. The highest BCUT2D eigenvalue weighted by Gasteiger charge is 2.27. The van der Waals surface area contributed by atoms with E-state index in [4.69, 9.17) is 27.6 Å². The Morgan fingerprint density at radius 3 is 2.44 bits per heavy atom. The summed E-state index contributed by atoms with van der Waals surface area (Å²) < 4.78 is 5.91. The van der Waals surface area contributed by atoms with Gasteiger partial charge in [0.25, 0.3) is 5.91 Å². The second-order valence-corrected chi connectivity index (χ2v) is 8.88. The van der Waals surface area contributed by atoms with Crippen LogP contribution in [0, 0.1) is 0 Å². The van der Waals surface area contributed by atoms with Crippen LogP contribution in [0.15, 0.2) is 59.0 Å². The van der Waals surface area contributed by atoms with Crippen LogP contribution >= 0.6 is 23.2 Å². The number of hydrogen-bond donors (Lipinski definition) is 1. The van der Waals surface area contributed by atoms with Gasteiger partial charge in [0.2, 0.25) is 11.8 Å². The Balaban J connectivity index is 1.19. The van der Waals surface area contributed by atoms with Crippen LogP contribution < -0.4 is 5.32 Å². The number of nitrogens with one attached hydrogen (secondary N) is 1. The third kappa shape index (κ3) is 4.47. The van der Waals surface area contributed by atoms with E-state index in [-0.39, 0.29) is 17.9 Å². The quantitative estimate of drug-likeness (QED) is 0.395. The molecule has 0 spiro atoms. The maximum absolute atomic E-state index is 12.7. The zero-order chi connectivity index (χ0) is 22.1. The van der Waals surface area contributed by atoms with Crippen LogP contribution in [0.5, 0.6) is 0 Å². The number of carbonyl (C=O) groups is 1. The van der Waals surface area contributed by atoms with E-state index in [1.54, 1.807) is 24.3 Å². The van der Waals surface area contributed by atoms with Gasteiger partial charge in [-0.15, -0.1) is 10.2 Å². The summed E-state index contributed by atoms with van der Waals surface area (Å²) in [6, 6.07) is 16.5. The van der Waals surface area contributed by atoms with Crippen molar-refractivity contribution in [3.63, 3.8) is 0 Å². The molecule has 1 aliphatic carbocycles. The molecule has 6 nitrogen and oxygen atoms in total. The van der Waals surface area contributed by atoms with Crippen molar-refractivity contribution in [1.82, 2.24) is 20.5 Å². The molecular formula is C24H20Cl2N4O2. The molecule has 4 aromatic rings. The summed E-state index contributed by atoms with van der Waals surface area (Å²) in [4.78, 5) is 17.2. The van der Waals surface area contributed by atoms with Crippen LogP contribution in [0.4, 0.5) is 0 Å². The Labute approximate surface area is 195 Å². The van der Waals surface area contributed by atoms with E-state index in [2.05, 4.69) is 20.5 Å². The molecule has 1 saturated carbocycles. The molecule has 0 unspecified atom stereocenters. The molecule has 0 aliphatic heterocycles. The van der Waals surface area contributed by atoms with E-state index in [0.29, 0.717) is 27.5 Å². The van der Waals surface area contributed by atoms with Crippen molar-refractivity contribution in [2.45, 2.75) is 37.6 Å². The van der Waals surface area contributed by atoms with Gasteiger partial charge in [-0.05, 0) is 74.2 Å². The molecule has 2 aromatic heterocycles. The summed E-state index contributed by atoms with van der Waals surface area (Å²) in [5.74, 6) is 1.18. The third-order valence-corrected chi connectivity index (χ3v) is 6.31. The number of nitrogens with zero attached hydrogens (tertiary/aromatic N) is 3. The number of amides is 1. The van der Waals surface area contributed by atoms with Gasteiger partial charge in [0.05, 0.1) is 5.52 Å². The Hall–Kier alpha value is -2.96. The van der Waals surface area contributed by atoms with Gasteiger partial charge in [0.15, 0.2) is 0 Å². The maximum atomic E-state index is 12.7. The van der Waals surface area contributed by atoms with Crippen molar-refractivity contribution in [1.29, 1.82) is 0 Å². The van der Waals surface area contributed by atoms with Gasteiger partial charge in [-0.3, -0.25) is 4.79 Å². The van der Waals surface area contributed by atoms with Gasteiger partial charge >= 0.3 is 0 Å². The minimum atomic E-state index is -0.159.